The van der Waals surface area contributed by atoms with Crippen LogP contribution in [0.15, 0.2) is 24.3 Å². The van der Waals surface area contributed by atoms with Gasteiger partial charge in [-0.2, -0.15) is 0 Å². The molecule has 2 aliphatic rings. The number of nitrogens with two attached hydrogens (primary N) is 1. The smallest absolute Gasteiger partial charge is 0.254 e. The van der Waals surface area contributed by atoms with Crippen LogP contribution in [0.5, 0.6) is 0 Å². The first-order chi connectivity index (χ1) is 9.10. The highest BCUT2D eigenvalue weighted by molar-refractivity contribution is 7.80. The van der Waals surface area contributed by atoms with Gasteiger partial charge in [-0.15, -0.1) is 0 Å². The van der Waals surface area contributed by atoms with Crippen molar-refractivity contribution in [2.75, 3.05) is 13.1 Å². The summed E-state index contributed by atoms with van der Waals surface area (Å²) in [6.45, 7) is 1.62. The Hall–Kier alpha value is -1.42. The van der Waals surface area contributed by atoms with Crippen molar-refractivity contribution < 1.29 is 4.79 Å². The quantitative estimate of drug-likeness (QED) is 0.856. The van der Waals surface area contributed by atoms with Gasteiger partial charge >= 0.3 is 0 Å². The van der Waals surface area contributed by atoms with Crippen molar-refractivity contribution in [2.24, 2.45) is 11.1 Å². The molecule has 3 nitrogen and oxygen atoms in total. The van der Waals surface area contributed by atoms with Crippen LogP contribution in [0.3, 0.4) is 0 Å². The molecule has 0 spiro atoms. The number of fused-ring (bicyclic) bond motifs is 1. The Morgan fingerprint density at radius 3 is 2.79 bits per heavy atom. The zero-order chi connectivity index (χ0) is 13.5. The molecule has 0 atom stereocenters. The van der Waals surface area contributed by atoms with Crippen LogP contribution < -0.4 is 5.73 Å². The van der Waals surface area contributed by atoms with Crippen molar-refractivity contribution in [1.82, 2.24) is 4.90 Å². The maximum Gasteiger partial charge on any atom is 0.254 e. The fourth-order valence-corrected chi connectivity index (χ4v) is 3.27. The summed E-state index contributed by atoms with van der Waals surface area (Å²) in [4.78, 5) is 15.0. The van der Waals surface area contributed by atoms with Crippen LogP contribution in [0, 0.1) is 5.41 Å². The Kier molecular flexibility index (Phi) is 3.05. The molecular weight excluding hydrogens is 256 g/mol. The van der Waals surface area contributed by atoms with Gasteiger partial charge in [-0.25, -0.2) is 0 Å². The van der Waals surface area contributed by atoms with Crippen LogP contribution in [-0.4, -0.2) is 28.9 Å². The summed E-state index contributed by atoms with van der Waals surface area (Å²) in [5.41, 5.74) is 7.87. The average molecular weight is 274 g/mol. The Bertz CT molecular complexity index is 537. The number of hydrogen-bond donors (Lipinski definition) is 1. The Balaban J connectivity index is 1.75. The van der Waals surface area contributed by atoms with E-state index in [2.05, 4.69) is 0 Å². The Morgan fingerprint density at radius 2 is 2.11 bits per heavy atom. The number of nitrogens with zero attached hydrogens (tertiary/aromatic N) is 1. The van der Waals surface area contributed by atoms with E-state index in [-0.39, 0.29) is 11.3 Å². The molecule has 4 heteroatoms. The third-order valence-electron chi connectivity index (χ3n) is 4.22. The van der Waals surface area contributed by atoms with E-state index in [0.717, 1.165) is 44.3 Å². The first kappa shape index (κ1) is 12.6. The summed E-state index contributed by atoms with van der Waals surface area (Å²) in [7, 11) is 0. The van der Waals surface area contributed by atoms with Crippen LogP contribution in [0.1, 0.15) is 35.2 Å². The molecule has 1 heterocycles. The number of rotatable bonds is 4. The lowest BCUT2D eigenvalue weighted by Crippen LogP contribution is -2.41. The molecule has 100 valence electrons. The van der Waals surface area contributed by atoms with Crippen LogP contribution >= 0.6 is 12.2 Å². The van der Waals surface area contributed by atoms with Gasteiger partial charge in [0.05, 0.1) is 4.99 Å². The van der Waals surface area contributed by atoms with Gasteiger partial charge in [0.1, 0.15) is 0 Å². The summed E-state index contributed by atoms with van der Waals surface area (Å²) in [6.07, 6.45) is 3.99. The minimum Gasteiger partial charge on any atom is -0.393 e. The van der Waals surface area contributed by atoms with E-state index in [9.17, 15) is 4.79 Å². The third-order valence-corrected chi connectivity index (χ3v) is 4.36. The first-order valence-electron chi connectivity index (χ1n) is 6.75. The number of carbonyl (C=O) groups excluding carboxylic acids is 1. The van der Waals surface area contributed by atoms with E-state index < -0.39 is 0 Å². The minimum absolute atomic E-state index is 0.163. The zero-order valence-electron chi connectivity index (χ0n) is 10.9. The molecule has 3 rings (SSSR count). The Morgan fingerprint density at radius 1 is 1.37 bits per heavy atom. The number of benzene rings is 1. The molecular formula is C15H18N2OS. The molecule has 1 aliphatic heterocycles. The fourth-order valence-electron chi connectivity index (χ4n) is 2.97. The summed E-state index contributed by atoms with van der Waals surface area (Å²) in [6, 6.07) is 7.91. The average Bonchev–Trinajstić information content (AvgIpc) is 3.12. The lowest BCUT2D eigenvalue weighted by molar-refractivity contribution is 0.0703. The largest absolute Gasteiger partial charge is 0.393 e. The van der Waals surface area contributed by atoms with Crippen molar-refractivity contribution >= 4 is 23.1 Å². The second-order valence-corrected chi connectivity index (χ2v) is 6.30. The summed E-state index contributed by atoms with van der Waals surface area (Å²) in [5.74, 6) is 0.163. The predicted molar refractivity (Wildman–Crippen MR) is 79.1 cm³/mol. The Labute approximate surface area is 118 Å². The molecule has 1 saturated carbocycles. The molecule has 1 aromatic rings. The minimum atomic E-state index is 0.163. The predicted octanol–water partition coefficient (Wildman–Crippen LogP) is 2.14. The van der Waals surface area contributed by atoms with Crippen LogP contribution in [0.2, 0.25) is 0 Å². The molecule has 0 radical (unpaired) electrons. The molecule has 0 bridgehead atoms. The van der Waals surface area contributed by atoms with Gasteiger partial charge < -0.3 is 10.6 Å². The highest BCUT2D eigenvalue weighted by Gasteiger charge is 2.45. The molecule has 0 aromatic heterocycles. The van der Waals surface area contributed by atoms with Gasteiger partial charge in [0.15, 0.2) is 0 Å². The molecule has 1 fully saturated rings. The summed E-state index contributed by atoms with van der Waals surface area (Å²) in [5, 5.41) is 0. The molecule has 1 aliphatic carbocycles. The van der Waals surface area contributed by atoms with Crippen molar-refractivity contribution in [3.8, 4) is 0 Å². The van der Waals surface area contributed by atoms with Gasteiger partial charge in [0.2, 0.25) is 0 Å². The third kappa shape index (κ3) is 2.50. The molecule has 1 aromatic carbocycles. The SMILES string of the molecule is NC(=S)CC1(CN2CCc3ccccc3C2=O)CC1. The maximum atomic E-state index is 12.5. The first-order valence-corrected chi connectivity index (χ1v) is 7.16. The van der Waals surface area contributed by atoms with Crippen molar-refractivity contribution in [1.29, 1.82) is 0 Å². The fraction of sp³-hybridized carbons (Fsp3) is 0.467. The number of thiocarbonyl (C=S) groups is 1. The molecule has 1 amide bonds. The number of hydrogen-bond acceptors (Lipinski definition) is 2. The van der Waals surface area contributed by atoms with E-state index >= 15 is 0 Å². The van der Waals surface area contributed by atoms with Gasteiger partial charge in [-0.3, -0.25) is 4.79 Å². The standard InChI is InChI=1S/C15H18N2OS/c16-13(19)9-15(6-7-15)10-17-8-5-11-3-1-2-4-12(11)14(17)18/h1-4H,5-10H2,(H2,16,19). The molecule has 0 saturated heterocycles. The van der Waals surface area contributed by atoms with Gasteiger partial charge in [0, 0.05) is 25.1 Å². The molecule has 2 N–H and O–H groups in total. The topological polar surface area (TPSA) is 46.3 Å². The summed E-state index contributed by atoms with van der Waals surface area (Å²) >= 11 is 5.02. The molecule has 19 heavy (non-hydrogen) atoms. The maximum absolute atomic E-state index is 12.5. The van der Waals surface area contributed by atoms with Gasteiger partial charge in [-0.05, 0) is 36.3 Å². The van der Waals surface area contributed by atoms with Crippen molar-refractivity contribution in [2.45, 2.75) is 25.7 Å². The number of amides is 1. The van der Waals surface area contributed by atoms with E-state index in [0.29, 0.717) is 4.99 Å². The normalized spacial score (nSPS) is 20.0. The van der Waals surface area contributed by atoms with E-state index in [4.69, 9.17) is 18.0 Å². The highest BCUT2D eigenvalue weighted by Crippen LogP contribution is 2.49. The zero-order valence-corrected chi connectivity index (χ0v) is 11.7. The van der Waals surface area contributed by atoms with E-state index in [1.807, 2.05) is 29.2 Å². The lowest BCUT2D eigenvalue weighted by Gasteiger charge is -2.31. The van der Waals surface area contributed by atoms with Crippen molar-refractivity contribution in [3.63, 3.8) is 0 Å². The van der Waals surface area contributed by atoms with Gasteiger partial charge in [-0.1, -0.05) is 30.4 Å². The molecule has 0 unspecified atom stereocenters. The highest BCUT2D eigenvalue weighted by atomic mass is 32.1. The van der Waals surface area contributed by atoms with Crippen molar-refractivity contribution in [3.05, 3.63) is 35.4 Å². The number of carbonyl (C=O) groups is 1. The second-order valence-electron chi connectivity index (χ2n) is 5.78. The second kappa shape index (κ2) is 4.60. The van der Waals surface area contributed by atoms with E-state index in [1.54, 1.807) is 0 Å². The van der Waals surface area contributed by atoms with Crippen LogP contribution in [-0.2, 0) is 6.42 Å². The van der Waals surface area contributed by atoms with Crippen LogP contribution in [0.25, 0.3) is 0 Å². The van der Waals surface area contributed by atoms with Crippen LogP contribution in [0.4, 0.5) is 0 Å². The monoisotopic (exact) mass is 274 g/mol. The lowest BCUT2D eigenvalue weighted by atomic mass is 9.96. The summed E-state index contributed by atoms with van der Waals surface area (Å²) < 4.78 is 0. The van der Waals surface area contributed by atoms with E-state index in [1.165, 1.54) is 5.56 Å². The van der Waals surface area contributed by atoms with Gasteiger partial charge in [0.25, 0.3) is 5.91 Å².